The highest BCUT2D eigenvalue weighted by Crippen LogP contribution is 2.23. The van der Waals surface area contributed by atoms with E-state index < -0.39 is 28.3 Å². The second-order valence-electron chi connectivity index (χ2n) is 6.40. The molecule has 0 aliphatic carbocycles. The van der Waals surface area contributed by atoms with Crippen LogP contribution < -0.4 is 9.73 Å². The molecule has 0 saturated heterocycles. The Kier molecular flexibility index (Phi) is 6.58. The molecule has 8 heteroatoms. The van der Waals surface area contributed by atoms with Crippen LogP contribution in [0.25, 0.3) is 0 Å². The van der Waals surface area contributed by atoms with E-state index in [0.29, 0.717) is 5.71 Å². The maximum atomic E-state index is 13.3. The fraction of sp³-hybridized carbons (Fsp3) is 0.0909. The van der Waals surface area contributed by atoms with Crippen LogP contribution in [-0.4, -0.2) is 26.6 Å². The summed E-state index contributed by atoms with van der Waals surface area (Å²) in [6, 6.07) is 21.9. The quantitative estimate of drug-likeness (QED) is 0.464. The van der Waals surface area contributed by atoms with Gasteiger partial charge in [-0.2, -0.15) is 5.10 Å². The summed E-state index contributed by atoms with van der Waals surface area (Å²) in [7, 11) is -4.05. The van der Waals surface area contributed by atoms with Crippen molar-refractivity contribution < 1.29 is 17.6 Å². The third-order valence-electron chi connectivity index (χ3n) is 4.27. The first-order chi connectivity index (χ1) is 14.4. The van der Waals surface area contributed by atoms with Crippen molar-refractivity contribution in [3.05, 3.63) is 96.3 Å². The van der Waals surface area contributed by atoms with E-state index in [1.54, 1.807) is 25.1 Å². The van der Waals surface area contributed by atoms with Crippen molar-refractivity contribution in [3.63, 3.8) is 0 Å². The Morgan fingerprint density at radius 1 is 0.933 bits per heavy atom. The first-order valence-electron chi connectivity index (χ1n) is 9.10. The maximum absolute atomic E-state index is 13.3. The van der Waals surface area contributed by atoms with Gasteiger partial charge in [0.2, 0.25) is 0 Å². The zero-order valence-electron chi connectivity index (χ0n) is 16.2. The predicted molar refractivity (Wildman–Crippen MR) is 114 cm³/mol. The molecule has 3 aromatic rings. The Morgan fingerprint density at radius 3 is 2.10 bits per heavy atom. The summed E-state index contributed by atoms with van der Waals surface area (Å²) in [5, 5.41) is 4.05. The van der Waals surface area contributed by atoms with Gasteiger partial charge in [0.1, 0.15) is 12.4 Å². The normalized spacial score (nSPS) is 11.7. The summed E-state index contributed by atoms with van der Waals surface area (Å²) in [5.74, 6) is -1.14. The van der Waals surface area contributed by atoms with Crippen LogP contribution in [-0.2, 0) is 14.8 Å². The number of hydrogen-bond donors (Lipinski definition) is 1. The van der Waals surface area contributed by atoms with E-state index in [1.807, 2.05) is 30.3 Å². The Bertz CT molecular complexity index is 1130. The van der Waals surface area contributed by atoms with Crippen molar-refractivity contribution in [2.75, 3.05) is 10.8 Å². The summed E-state index contributed by atoms with van der Waals surface area (Å²) in [4.78, 5) is 12.5. The molecule has 1 amide bonds. The van der Waals surface area contributed by atoms with Gasteiger partial charge in [-0.05, 0) is 48.9 Å². The van der Waals surface area contributed by atoms with E-state index in [4.69, 9.17) is 0 Å². The second kappa shape index (κ2) is 9.32. The summed E-state index contributed by atoms with van der Waals surface area (Å²) in [6.07, 6.45) is 0. The molecule has 0 bridgehead atoms. The van der Waals surface area contributed by atoms with Gasteiger partial charge in [-0.1, -0.05) is 48.5 Å². The molecule has 0 aliphatic rings. The van der Waals surface area contributed by atoms with Crippen LogP contribution in [0.1, 0.15) is 12.5 Å². The fourth-order valence-electron chi connectivity index (χ4n) is 2.70. The summed E-state index contributed by atoms with van der Waals surface area (Å²) >= 11 is 0. The zero-order valence-corrected chi connectivity index (χ0v) is 17.0. The van der Waals surface area contributed by atoms with Crippen molar-refractivity contribution in [1.29, 1.82) is 0 Å². The molecule has 0 aromatic heterocycles. The molecule has 0 spiro atoms. The van der Waals surface area contributed by atoms with Crippen LogP contribution in [0.15, 0.2) is 94.9 Å². The molecule has 0 fully saturated rings. The lowest BCUT2D eigenvalue weighted by Crippen LogP contribution is -2.39. The minimum Gasteiger partial charge on any atom is -0.271 e. The summed E-state index contributed by atoms with van der Waals surface area (Å²) in [5.41, 5.74) is 3.95. The van der Waals surface area contributed by atoms with E-state index in [2.05, 4.69) is 10.5 Å². The smallest absolute Gasteiger partial charge is 0.264 e. The average molecular weight is 425 g/mol. The Labute approximate surface area is 174 Å². The maximum Gasteiger partial charge on any atom is 0.264 e. The van der Waals surface area contributed by atoms with Gasteiger partial charge in [-0.3, -0.25) is 9.10 Å². The van der Waals surface area contributed by atoms with Gasteiger partial charge in [-0.15, -0.1) is 0 Å². The minimum atomic E-state index is -4.05. The average Bonchev–Trinajstić information content (AvgIpc) is 2.77. The second-order valence-corrected chi connectivity index (χ2v) is 8.26. The monoisotopic (exact) mass is 425 g/mol. The van der Waals surface area contributed by atoms with Gasteiger partial charge in [0.05, 0.1) is 16.3 Å². The predicted octanol–water partition coefficient (Wildman–Crippen LogP) is 3.56. The number of carbonyl (C=O) groups excluding carboxylic acids is 1. The van der Waals surface area contributed by atoms with Crippen LogP contribution >= 0.6 is 0 Å². The highest BCUT2D eigenvalue weighted by Gasteiger charge is 2.27. The zero-order chi connectivity index (χ0) is 21.6. The molecule has 0 heterocycles. The van der Waals surface area contributed by atoms with E-state index in [1.165, 1.54) is 24.3 Å². The van der Waals surface area contributed by atoms with Crippen molar-refractivity contribution in [1.82, 2.24) is 5.43 Å². The number of nitrogens with zero attached hydrogens (tertiary/aromatic N) is 2. The number of anilines is 1. The van der Waals surface area contributed by atoms with Gasteiger partial charge in [0.25, 0.3) is 15.9 Å². The van der Waals surface area contributed by atoms with Crippen molar-refractivity contribution in [2.24, 2.45) is 5.10 Å². The van der Waals surface area contributed by atoms with Gasteiger partial charge in [-0.25, -0.2) is 18.2 Å². The van der Waals surface area contributed by atoms with Crippen molar-refractivity contribution in [2.45, 2.75) is 11.8 Å². The van der Waals surface area contributed by atoms with Gasteiger partial charge in [0, 0.05) is 0 Å². The molecular formula is C22H20FN3O3S. The Hall–Kier alpha value is -3.52. The largest absolute Gasteiger partial charge is 0.271 e. The highest BCUT2D eigenvalue weighted by molar-refractivity contribution is 7.92. The molecular weight excluding hydrogens is 405 g/mol. The summed E-state index contributed by atoms with van der Waals surface area (Å²) < 4.78 is 40.5. The topological polar surface area (TPSA) is 78.8 Å². The molecule has 0 aliphatic heterocycles. The first-order valence-corrected chi connectivity index (χ1v) is 10.5. The number of sulfonamides is 1. The van der Waals surface area contributed by atoms with Crippen LogP contribution in [0.4, 0.5) is 10.1 Å². The van der Waals surface area contributed by atoms with E-state index in [-0.39, 0.29) is 10.6 Å². The molecule has 0 unspecified atom stereocenters. The number of hydrazone groups is 1. The molecule has 154 valence electrons. The van der Waals surface area contributed by atoms with Gasteiger partial charge < -0.3 is 0 Å². The first kappa shape index (κ1) is 21.2. The highest BCUT2D eigenvalue weighted by atomic mass is 32.2. The fourth-order valence-corrected chi connectivity index (χ4v) is 4.14. The van der Waals surface area contributed by atoms with E-state index >= 15 is 0 Å². The van der Waals surface area contributed by atoms with Crippen LogP contribution in [0.2, 0.25) is 0 Å². The third kappa shape index (κ3) is 5.09. The molecule has 6 nitrogen and oxygen atoms in total. The van der Waals surface area contributed by atoms with Crippen LogP contribution in [0, 0.1) is 5.82 Å². The van der Waals surface area contributed by atoms with Gasteiger partial charge >= 0.3 is 0 Å². The van der Waals surface area contributed by atoms with Crippen LogP contribution in [0.5, 0.6) is 0 Å². The number of benzene rings is 3. The third-order valence-corrected chi connectivity index (χ3v) is 6.06. The van der Waals surface area contributed by atoms with E-state index in [0.717, 1.165) is 22.0 Å². The Morgan fingerprint density at radius 2 is 1.50 bits per heavy atom. The molecule has 30 heavy (non-hydrogen) atoms. The molecule has 1 N–H and O–H groups in total. The number of nitrogens with one attached hydrogen (secondary N) is 1. The van der Waals surface area contributed by atoms with Crippen molar-refractivity contribution >= 4 is 27.3 Å². The summed E-state index contributed by atoms with van der Waals surface area (Å²) in [6.45, 7) is 1.21. The van der Waals surface area contributed by atoms with Crippen LogP contribution in [0.3, 0.4) is 0 Å². The molecule has 0 radical (unpaired) electrons. The number of carbonyl (C=O) groups is 1. The van der Waals surface area contributed by atoms with Gasteiger partial charge in [0.15, 0.2) is 0 Å². The molecule has 3 rings (SSSR count). The lowest BCUT2D eigenvalue weighted by atomic mass is 10.1. The Balaban J connectivity index is 1.86. The molecule has 0 saturated carbocycles. The number of halogens is 1. The molecule has 0 atom stereocenters. The number of rotatable bonds is 7. The number of amides is 1. The standard InChI is InChI=1S/C22H20FN3O3S/c1-17(18-8-4-2-5-9-18)24-25-22(27)16-26(20-14-12-19(23)13-15-20)30(28,29)21-10-6-3-7-11-21/h2-15H,16H2,1H3,(H,25,27)/b24-17-. The SMILES string of the molecule is C/C(=N/NC(=O)CN(c1ccc(F)cc1)S(=O)(=O)c1ccccc1)c1ccccc1. The molecule has 3 aromatic carbocycles. The minimum absolute atomic E-state index is 0.0195. The van der Waals surface area contributed by atoms with E-state index in [9.17, 15) is 17.6 Å². The lowest BCUT2D eigenvalue weighted by molar-refractivity contribution is -0.119. The number of hydrogen-bond acceptors (Lipinski definition) is 4. The van der Waals surface area contributed by atoms with Crippen molar-refractivity contribution in [3.8, 4) is 0 Å². The lowest BCUT2D eigenvalue weighted by Gasteiger charge is -2.23.